The maximum absolute atomic E-state index is 6.43. The van der Waals surface area contributed by atoms with Crippen molar-refractivity contribution in [1.29, 1.82) is 0 Å². The average molecular weight is 246 g/mol. The largest absolute Gasteiger partial charge is 0.326 e. The van der Waals surface area contributed by atoms with Crippen molar-refractivity contribution in [3.8, 4) is 0 Å². The van der Waals surface area contributed by atoms with Crippen LogP contribution in [0.15, 0.2) is 18.2 Å². The first kappa shape index (κ1) is 13.6. The number of rotatable bonds is 3. The van der Waals surface area contributed by atoms with Crippen LogP contribution in [-0.2, 0) is 0 Å². The predicted molar refractivity (Wildman–Crippen MR) is 77.7 cm³/mol. The lowest BCUT2D eigenvalue weighted by molar-refractivity contribution is 0.128. The van der Waals surface area contributed by atoms with Crippen molar-refractivity contribution >= 4 is 0 Å². The van der Waals surface area contributed by atoms with Crippen LogP contribution in [0.2, 0.25) is 0 Å². The molecule has 1 heterocycles. The highest BCUT2D eigenvalue weighted by molar-refractivity contribution is 5.37. The second-order valence-electron chi connectivity index (χ2n) is 5.59. The van der Waals surface area contributed by atoms with Crippen LogP contribution in [0, 0.1) is 13.8 Å². The maximum atomic E-state index is 6.43. The Bertz CT molecular complexity index is 378. The number of benzene rings is 1. The highest BCUT2D eigenvalue weighted by Gasteiger charge is 2.31. The number of likely N-dealkylation sites (tertiary alicyclic amines) is 1. The molecule has 1 aliphatic rings. The minimum absolute atomic E-state index is 0.282. The number of piperidine rings is 1. The summed E-state index contributed by atoms with van der Waals surface area (Å²) in [7, 11) is 0. The van der Waals surface area contributed by atoms with Gasteiger partial charge in [-0.15, -0.1) is 0 Å². The monoisotopic (exact) mass is 246 g/mol. The van der Waals surface area contributed by atoms with Gasteiger partial charge in [0.1, 0.15) is 0 Å². The first-order valence-electron chi connectivity index (χ1n) is 7.21. The van der Waals surface area contributed by atoms with Crippen LogP contribution < -0.4 is 5.73 Å². The van der Waals surface area contributed by atoms with E-state index in [1.54, 1.807) is 0 Å². The lowest BCUT2D eigenvalue weighted by Gasteiger charge is -2.41. The Morgan fingerprint density at radius 3 is 2.56 bits per heavy atom. The van der Waals surface area contributed by atoms with E-state index in [0.717, 1.165) is 13.0 Å². The molecule has 2 N–H and O–H groups in total. The molecule has 2 atom stereocenters. The molecule has 18 heavy (non-hydrogen) atoms. The van der Waals surface area contributed by atoms with E-state index in [-0.39, 0.29) is 6.04 Å². The molecule has 2 rings (SSSR count). The smallest absolute Gasteiger partial charge is 0.0504 e. The molecule has 1 aliphatic heterocycles. The van der Waals surface area contributed by atoms with Crippen LogP contribution in [0.4, 0.5) is 0 Å². The van der Waals surface area contributed by atoms with Crippen molar-refractivity contribution in [1.82, 2.24) is 4.90 Å². The molecule has 1 fully saturated rings. The van der Waals surface area contributed by atoms with Gasteiger partial charge in [0.2, 0.25) is 0 Å². The third-order valence-electron chi connectivity index (χ3n) is 4.13. The normalized spacial score (nSPS) is 25.3. The molecule has 100 valence electrons. The SMILES string of the molecule is CCCN1CCCC(N)C1c1c(C)cccc1C. The van der Waals surface area contributed by atoms with Crippen molar-refractivity contribution in [2.24, 2.45) is 5.73 Å². The molecule has 1 aromatic carbocycles. The van der Waals surface area contributed by atoms with Crippen molar-refractivity contribution in [2.75, 3.05) is 13.1 Å². The fraction of sp³-hybridized carbons (Fsp3) is 0.625. The van der Waals surface area contributed by atoms with E-state index in [2.05, 4.69) is 43.9 Å². The van der Waals surface area contributed by atoms with Crippen LogP contribution in [0.25, 0.3) is 0 Å². The van der Waals surface area contributed by atoms with Crippen LogP contribution in [0.1, 0.15) is 48.9 Å². The van der Waals surface area contributed by atoms with E-state index < -0.39 is 0 Å². The minimum atomic E-state index is 0.282. The molecular formula is C16H26N2. The molecule has 0 spiro atoms. The zero-order valence-corrected chi connectivity index (χ0v) is 11.9. The number of aryl methyl sites for hydroxylation is 2. The Balaban J connectivity index is 2.37. The highest BCUT2D eigenvalue weighted by Crippen LogP contribution is 2.34. The van der Waals surface area contributed by atoms with Gasteiger partial charge in [0.25, 0.3) is 0 Å². The molecule has 1 aromatic rings. The van der Waals surface area contributed by atoms with E-state index in [4.69, 9.17) is 5.73 Å². The van der Waals surface area contributed by atoms with Gasteiger partial charge < -0.3 is 5.73 Å². The van der Waals surface area contributed by atoms with Gasteiger partial charge >= 0.3 is 0 Å². The highest BCUT2D eigenvalue weighted by atomic mass is 15.2. The Morgan fingerprint density at radius 1 is 1.28 bits per heavy atom. The van der Waals surface area contributed by atoms with Crippen molar-refractivity contribution in [3.63, 3.8) is 0 Å². The lowest BCUT2D eigenvalue weighted by Crippen LogP contribution is -2.46. The van der Waals surface area contributed by atoms with Gasteiger partial charge in [0.15, 0.2) is 0 Å². The summed E-state index contributed by atoms with van der Waals surface area (Å²) >= 11 is 0. The Labute approximate surface area is 111 Å². The van der Waals surface area contributed by atoms with Crippen LogP contribution in [0.5, 0.6) is 0 Å². The summed E-state index contributed by atoms with van der Waals surface area (Å²) in [5, 5.41) is 0. The van der Waals surface area contributed by atoms with E-state index in [0.29, 0.717) is 6.04 Å². The van der Waals surface area contributed by atoms with E-state index >= 15 is 0 Å². The summed E-state index contributed by atoms with van der Waals surface area (Å²) in [6.07, 6.45) is 3.59. The molecule has 0 bridgehead atoms. The average Bonchev–Trinajstić information content (AvgIpc) is 2.32. The Kier molecular flexibility index (Phi) is 4.41. The van der Waals surface area contributed by atoms with Crippen LogP contribution >= 0.6 is 0 Å². The van der Waals surface area contributed by atoms with Crippen molar-refractivity contribution < 1.29 is 0 Å². The standard InChI is InChI=1S/C16H26N2/c1-4-10-18-11-6-9-14(17)16(18)15-12(2)7-5-8-13(15)3/h5,7-8,14,16H,4,6,9-11,17H2,1-3H3. The first-order valence-corrected chi connectivity index (χ1v) is 7.21. The first-order chi connectivity index (χ1) is 8.65. The summed E-state index contributed by atoms with van der Waals surface area (Å²) in [4.78, 5) is 2.59. The molecule has 0 amide bonds. The van der Waals surface area contributed by atoms with Crippen molar-refractivity contribution in [2.45, 2.75) is 52.1 Å². The number of nitrogens with zero attached hydrogens (tertiary/aromatic N) is 1. The Hall–Kier alpha value is -0.860. The fourth-order valence-corrected chi connectivity index (χ4v) is 3.33. The lowest BCUT2D eigenvalue weighted by atomic mass is 9.86. The Morgan fingerprint density at radius 2 is 1.94 bits per heavy atom. The zero-order chi connectivity index (χ0) is 13.1. The third-order valence-corrected chi connectivity index (χ3v) is 4.13. The van der Waals surface area contributed by atoms with Gasteiger partial charge in [-0.25, -0.2) is 0 Å². The molecular weight excluding hydrogens is 220 g/mol. The summed E-state index contributed by atoms with van der Waals surface area (Å²) in [5.74, 6) is 0. The van der Waals surface area contributed by atoms with Gasteiger partial charge in [-0.1, -0.05) is 25.1 Å². The maximum Gasteiger partial charge on any atom is 0.0504 e. The molecule has 1 saturated heterocycles. The molecule has 2 nitrogen and oxygen atoms in total. The number of nitrogens with two attached hydrogens (primary N) is 1. The third kappa shape index (κ3) is 2.60. The van der Waals surface area contributed by atoms with Crippen LogP contribution in [0.3, 0.4) is 0 Å². The molecule has 0 saturated carbocycles. The quantitative estimate of drug-likeness (QED) is 0.887. The predicted octanol–water partition coefficient (Wildman–Crippen LogP) is 3.18. The van der Waals surface area contributed by atoms with E-state index in [9.17, 15) is 0 Å². The van der Waals surface area contributed by atoms with Crippen LogP contribution in [-0.4, -0.2) is 24.0 Å². The van der Waals surface area contributed by atoms with Gasteiger partial charge in [-0.05, 0) is 62.9 Å². The molecule has 2 heteroatoms. The summed E-state index contributed by atoms with van der Waals surface area (Å²) < 4.78 is 0. The molecule has 0 radical (unpaired) electrons. The summed E-state index contributed by atoms with van der Waals surface area (Å²) in [6.45, 7) is 9.04. The second kappa shape index (κ2) is 5.85. The van der Waals surface area contributed by atoms with Gasteiger partial charge in [0, 0.05) is 6.04 Å². The molecule has 0 aliphatic carbocycles. The van der Waals surface area contributed by atoms with E-state index in [1.165, 1.54) is 36.1 Å². The van der Waals surface area contributed by atoms with Gasteiger partial charge in [-0.2, -0.15) is 0 Å². The topological polar surface area (TPSA) is 29.3 Å². The van der Waals surface area contributed by atoms with Crippen molar-refractivity contribution in [3.05, 3.63) is 34.9 Å². The van der Waals surface area contributed by atoms with Gasteiger partial charge in [-0.3, -0.25) is 4.90 Å². The zero-order valence-electron chi connectivity index (χ0n) is 11.9. The minimum Gasteiger partial charge on any atom is -0.326 e. The molecule has 2 unspecified atom stereocenters. The second-order valence-corrected chi connectivity index (χ2v) is 5.59. The summed E-state index contributed by atoms with van der Waals surface area (Å²) in [5.41, 5.74) is 10.7. The van der Waals surface area contributed by atoms with Gasteiger partial charge in [0.05, 0.1) is 6.04 Å². The number of hydrogen-bond acceptors (Lipinski definition) is 2. The fourth-order valence-electron chi connectivity index (χ4n) is 3.33. The summed E-state index contributed by atoms with van der Waals surface area (Å²) in [6, 6.07) is 7.28. The van der Waals surface area contributed by atoms with E-state index in [1.807, 2.05) is 0 Å². The number of hydrogen-bond donors (Lipinski definition) is 1. The molecule has 0 aromatic heterocycles.